The number of rotatable bonds is 6. The van der Waals surface area contributed by atoms with E-state index in [4.69, 9.17) is 21.6 Å². The number of hydrogen-bond acceptors (Lipinski definition) is 4. The molecule has 0 aromatic heterocycles. The highest BCUT2D eigenvalue weighted by Crippen LogP contribution is 2.22. The maximum absolute atomic E-state index is 12.1. The SMILES string of the molecule is COCCC(C)NS(=O)(=O)c1cc(C#N)ccc1Cl. The van der Waals surface area contributed by atoms with Gasteiger partial charge in [0.15, 0.2) is 0 Å². The van der Waals surface area contributed by atoms with Crippen LogP contribution in [0.5, 0.6) is 0 Å². The van der Waals surface area contributed by atoms with Crippen LogP contribution in [0.2, 0.25) is 5.02 Å². The summed E-state index contributed by atoms with van der Waals surface area (Å²) in [7, 11) is -2.19. The van der Waals surface area contributed by atoms with Gasteiger partial charge in [-0.3, -0.25) is 0 Å². The van der Waals surface area contributed by atoms with Crippen LogP contribution in [0.1, 0.15) is 18.9 Å². The fourth-order valence-corrected chi connectivity index (χ4v) is 3.26. The molecule has 0 bridgehead atoms. The van der Waals surface area contributed by atoms with E-state index in [-0.39, 0.29) is 21.5 Å². The second-order valence-corrected chi connectivity index (χ2v) is 6.15. The molecule has 0 amide bonds. The van der Waals surface area contributed by atoms with E-state index in [1.807, 2.05) is 6.07 Å². The predicted molar refractivity (Wildman–Crippen MR) is 72.4 cm³/mol. The molecule has 0 spiro atoms. The lowest BCUT2D eigenvalue weighted by atomic mass is 10.2. The molecule has 1 aromatic carbocycles. The van der Waals surface area contributed by atoms with Crippen LogP contribution in [0.25, 0.3) is 0 Å². The maximum Gasteiger partial charge on any atom is 0.242 e. The molecule has 1 unspecified atom stereocenters. The van der Waals surface area contributed by atoms with Gasteiger partial charge >= 0.3 is 0 Å². The van der Waals surface area contributed by atoms with Gasteiger partial charge in [0.25, 0.3) is 0 Å². The fraction of sp³-hybridized carbons (Fsp3) is 0.417. The molecule has 0 saturated heterocycles. The molecule has 0 aliphatic heterocycles. The average Bonchev–Trinajstić information content (AvgIpc) is 2.36. The predicted octanol–water partition coefficient (Wildman–Crippen LogP) is 1.91. The second-order valence-electron chi connectivity index (χ2n) is 4.06. The minimum Gasteiger partial charge on any atom is -0.385 e. The summed E-state index contributed by atoms with van der Waals surface area (Å²) in [5.41, 5.74) is 0.245. The number of ether oxygens (including phenoxy) is 1. The number of benzene rings is 1. The molecular weight excluding hydrogens is 288 g/mol. The topological polar surface area (TPSA) is 79.2 Å². The Bertz CT molecular complexity index is 581. The first-order valence-electron chi connectivity index (χ1n) is 5.61. The molecule has 0 saturated carbocycles. The zero-order valence-electron chi connectivity index (χ0n) is 10.7. The van der Waals surface area contributed by atoms with E-state index in [1.54, 1.807) is 14.0 Å². The van der Waals surface area contributed by atoms with E-state index in [9.17, 15) is 8.42 Å². The Morgan fingerprint density at radius 2 is 2.21 bits per heavy atom. The van der Waals surface area contributed by atoms with Crippen molar-refractivity contribution in [3.63, 3.8) is 0 Å². The highest BCUT2D eigenvalue weighted by molar-refractivity contribution is 7.89. The fourth-order valence-electron chi connectivity index (χ4n) is 1.46. The third kappa shape index (κ3) is 4.48. The molecule has 104 valence electrons. The van der Waals surface area contributed by atoms with Crippen molar-refractivity contribution in [2.24, 2.45) is 0 Å². The number of nitrogens with one attached hydrogen (secondary N) is 1. The second kappa shape index (κ2) is 6.87. The molecule has 1 N–H and O–H groups in total. The van der Waals surface area contributed by atoms with Crippen molar-refractivity contribution < 1.29 is 13.2 Å². The number of halogens is 1. The summed E-state index contributed by atoms with van der Waals surface area (Å²) in [6, 6.07) is 5.72. The highest BCUT2D eigenvalue weighted by atomic mass is 35.5. The number of sulfonamides is 1. The number of nitrogens with zero attached hydrogens (tertiary/aromatic N) is 1. The number of nitriles is 1. The summed E-state index contributed by atoms with van der Waals surface area (Å²) in [4.78, 5) is -0.0857. The van der Waals surface area contributed by atoms with Gasteiger partial charge in [0, 0.05) is 19.8 Å². The van der Waals surface area contributed by atoms with E-state index in [0.29, 0.717) is 13.0 Å². The van der Waals surface area contributed by atoms with Crippen LogP contribution >= 0.6 is 11.6 Å². The normalized spacial score (nSPS) is 12.9. The van der Waals surface area contributed by atoms with Gasteiger partial charge in [-0.2, -0.15) is 5.26 Å². The Hall–Kier alpha value is -1.13. The molecule has 0 aliphatic rings. The van der Waals surface area contributed by atoms with Gasteiger partial charge in [-0.1, -0.05) is 11.6 Å². The Morgan fingerprint density at radius 3 is 2.79 bits per heavy atom. The third-order valence-corrected chi connectivity index (χ3v) is 4.53. The molecule has 5 nitrogen and oxygen atoms in total. The summed E-state index contributed by atoms with van der Waals surface area (Å²) in [5.74, 6) is 0. The van der Waals surface area contributed by atoms with Crippen LogP contribution in [0.3, 0.4) is 0 Å². The van der Waals surface area contributed by atoms with Crippen molar-refractivity contribution in [2.45, 2.75) is 24.3 Å². The van der Waals surface area contributed by atoms with Crippen molar-refractivity contribution >= 4 is 21.6 Å². The first kappa shape index (κ1) is 15.9. The van der Waals surface area contributed by atoms with Gasteiger partial charge in [0.05, 0.1) is 16.7 Å². The smallest absolute Gasteiger partial charge is 0.242 e. The first-order chi connectivity index (χ1) is 8.90. The molecule has 0 heterocycles. The van der Waals surface area contributed by atoms with Crippen LogP contribution in [0.15, 0.2) is 23.1 Å². The Labute approximate surface area is 118 Å². The van der Waals surface area contributed by atoms with Gasteiger partial charge < -0.3 is 4.74 Å². The molecule has 1 rings (SSSR count). The van der Waals surface area contributed by atoms with Gasteiger partial charge in [0.1, 0.15) is 4.90 Å². The Kier molecular flexibility index (Phi) is 5.76. The van der Waals surface area contributed by atoms with Crippen LogP contribution in [0.4, 0.5) is 0 Å². The molecule has 1 aromatic rings. The van der Waals surface area contributed by atoms with Crippen molar-refractivity contribution in [1.29, 1.82) is 5.26 Å². The molecule has 0 radical (unpaired) electrons. The molecule has 0 aliphatic carbocycles. The molecular formula is C12H15ClN2O3S. The molecule has 0 fully saturated rings. The van der Waals surface area contributed by atoms with E-state index in [1.165, 1.54) is 18.2 Å². The average molecular weight is 303 g/mol. The minimum atomic E-state index is -3.74. The van der Waals surface area contributed by atoms with Crippen LogP contribution in [-0.4, -0.2) is 28.2 Å². The quantitative estimate of drug-likeness (QED) is 0.870. The van der Waals surface area contributed by atoms with Gasteiger partial charge in [-0.25, -0.2) is 13.1 Å². The lowest BCUT2D eigenvalue weighted by molar-refractivity contribution is 0.188. The van der Waals surface area contributed by atoms with Crippen molar-refractivity contribution in [3.05, 3.63) is 28.8 Å². The summed E-state index contributed by atoms with van der Waals surface area (Å²) in [6.07, 6.45) is 0.547. The largest absolute Gasteiger partial charge is 0.385 e. The summed E-state index contributed by atoms with van der Waals surface area (Å²) < 4.78 is 31.7. The van der Waals surface area contributed by atoms with Crippen LogP contribution < -0.4 is 4.72 Å². The highest BCUT2D eigenvalue weighted by Gasteiger charge is 2.20. The minimum absolute atomic E-state index is 0.0857. The maximum atomic E-state index is 12.1. The monoisotopic (exact) mass is 302 g/mol. The van der Waals surface area contributed by atoms with Gasteiger partial charge in [0.2, 0.25) is 10.0 Å². The summed E-state index contributed by atoms with van der Waals surface area (Å²) >= 11 is 5.87. The third-order valence-electron chi connectivity index (χ3n) is 2.46. The Balaban J connectivity index is 2.97. The number of methoxy groups -OCH3 is 1. The van der Waals surface area contributed by atoms with E-state index in [0.717, 1.165) is 0 Å². The van der Waals surface area contributed by atoms with Gasteiger partial charge in [-0.05, 0) is 31.5 Å². The van der Waals surface area contributed by atoms with Crippen LogP contribution in [0, 0.1) is 11.3 Å². The van der Waals surface area contributed by atoms with E-state index < -0.39 is 10.0 Å². The summed E-state index contributed by atoms with van der Waals surface area (Å²) in [6.45, 7) is 2.19. The van der Waals surface area contributed by atoms with Crippen molar-refractivity contribution in [2.75, 3.05) is 13.7 Å². The molecule has 19 heavy (non-hydrogen) atoms. The van der Waals surface area contributed by atoms with Crippen molar-refractivity contribution in [3.8, 4) is 6.07 Å². The van der Waals surface area contributed by atoms with E-state index >= 15 is 0 Å². The zero-order valence-corrected chi connectivity index (χ0v) is 12.3. The lowest BCUT2D eigenvalue weighted by Crippen LogP contribution is -2.33. The van der Waals surface area contributed by atoms with Crippen LogP contribution in [-0.2, 0) is 14.8 Å². The molecule has 7 heteroatoms. The lowest BCUT2D eigenvalue weighted by Gasteiger charge is -2.14. The zero-order chi connectivity index (χ0) is 14.5. The molecule has 1 atom stereocenters. The summed E-state index contributed by atoms with van der Waals surface area (Å²) in [5, 5.41) is 8.88. The number of hydrogen-bond donors (Lipinski definition) is 1. The van der Waals surface area contributed by atoms with Crippen molar-refractivity contribution in [1.82, 2.24) is 4.72 Å². The van der Waals surface area contributed by atoms with Gasteiger partial charge in [-0.15, -0.1) is 0 Å². The van der Waals surface area contributed by atoms with E-state index in [2.05, 4.69) is 4.72 Å². The standard InChI is InChI=1S/C12H15ClN2O3S/c1-9(5-6-18-2)15-19(16,17)12-7-10(8-14)3-4-11(12)13/h3-4,7,9,15H,5-6H2,1-2H3. The first-order valence-corrected chi connectivity index (χ1v) is 7.47. The Morgan fingerprint density at radius 1 is 1.53 bits per heavy atom.